The summed E-state index contributed by atoms with van der Waals surface area (Å²) in [5.74, 6) is -0.716. The molecule has 2 amide bonds. The van der Waals surface area contributed by atoms with Crippen molar-refractivity contribution >= 4 is 23.4 Å². The van der Waals surface area contributed by atoms with E-state index < -0.39 is 18.1 Å². The number of nitrogens with one attached hydrogen (secondary N) is 3. The lowest BCUT2D eigenvalue weighted by Crippen LogP contribution is -2.57. The van der Waals surface area contributed by atoms with E-state index in [2.05, 4.69) is 25.8 Å². The number of amides is 2. The number of halogens is 3. The van der Waals surface area contributed by atoms with Gasteiger partial charge in [0, 0.05) is 79.0 Å². The second-order valence-corrected chi connectivity index (χ2v) is 11.3. The predicted molar refractivity (Wildman–Crippen MR) is 159 cm³/mol. The fraction of sp³-hybridized carbons (Fsp3) is 0.452. The Morgan fingerprint density at radius 1 is 1.26 bits per heavy atom. The Bertz CT molecular complexity index is 1380. The van der Waals surface area contributed by atoms with Crippen LogP contribution in [0.5, 0.6) is 0 Å². The number of alkyl halides is 2. The molecule has 3 aliphatic heterocycles. The van der Waals surface area contributed by atoms with Crippen molar-refractivity contribution in [3.8, 4) is 0 Å². The van der Waals surface area contributed by atoms with E-state index >= 15 is 0 Å². The standard InChI is InChI=1S/C31H37ClF2N6O3/c1-3-23-19-39(30(42)24-8-7-21(32)16-25(24)28(33)34)14-15-40(23)26-9-11-31(43-4-2,20-6-5-12-35-17-20)38-27(26)29(41)37-22-10-13-36-18-22/h5-9,11-12,16-17,22-23,28,36,38H,3-4,10,13-15,18-19H2,1-2H3,(H,37,41)/t22-,23-,31?/m1/s1. The van der Waals surface area contributed by atoms with E-state index in [-0.39, 0.29) is 34.1 Å². The van der Waals surface area contributed by atoms with Crippen LogP contribution in [0.25, 0.3) is 0 Å². The first-order valence-corrected chi connectivity index (χ1v) is 15.0. The first kappa shape index (κ1) is 30.9. The molecule has 0 aliphatic carbocycles. The van der Waals surface area contributed by atoms with Crippen molar-refractivity contribution in [1.29, 1.82) is 0 Å². The molecule has 5 rings (SSSR count). The van der Waals surface area contributed by atoms with Crippen LogP contribution in [-0.2, 0) is 15.3 Å². The number of benzene rings is 1. The summed E-state index contributed by atoms with van der Waals surface area (Å²) in [4.78, 5) is 35.3. The van der Waals surface area contributed by atoms with Gasteiger partial charge in [-0.05, 0) is 62.7 Å². The molecule has 2 aromatic rings. The SMILES string of the molecule is CCOC1(c2cccnc2)C=CC(N2CCN(C(=O)c3ccc(Cl)cc3C(F)F)C[C@H]2CC)=C(C(=O)N[C@@H]2CCNC2)N1. The van der Waals surface area contributed by atoms with Crippen molar-refractivity contribution in [2.45, 2.75) is 50.9 Å². The number of pyridine rings is 1. The Morgan fingerprint density at radius 2 is 2.09 bits per heavy atom. The maximum Gasteiger partial charge on any atom is 0.269 e. The van der Waals surface area contributed by atoms with Crippen LogP contribution in [0.15, 0.2) is 66.3 Å². The highest BCUT2D eigenvalue weighted by Crippen LogP contribution is 2.34. The summed E-state index contributed by atoms with van der Waals surface area (Å²) in [7, 11) is 0. The molecule has 0 saturated carbocycles. The fourth-order valence-electron chi connectivity index (χ4n) is 5.95. The second-order valence-electron chi connectivity index (χ2n) is 10.8. The Kier molecular flexibility index (Phi) is 9.63. The van der Waals surface area contributed by atoms with Gasteiger partial charge >= 0.3 is 0 Å². The quantitative estimate of drug-likeness (QED) is 0.394. The van der Waals surface area contributed by atoms with E-state index in [1.807, 2.05) is 38.1 Å². The Balaban J connectivity index is 1.45. The monoisotopic (exact) mass is 614 g/mol. The molecular formula is C31H37ClF2N6O3. The number of dihydropyridines is 1. The molecule has 2 saturated heterocycles. The minimum absolute atomic E-state index is 0.00584. The average molecular weight is 615 g/mol. The number of hydrogen-bond donors (Lipinski definition) is 3. The summed E-state index contributed by atoms with van der Waals surface area (Å²) in [6.45, 7) is 6.79. The lowest BCUT2D eigenvalue weighted by Gasteiger charge is -2.46. The summed E-state index contributed by atoms with van der Waals surface area (Å²) in [6, 6.07) is 7.50. The van der Waals surface area contributed by atoms with Gasteiger partial charge in [0.2, 0.25) is 0 Å². The third kappa shape index (κ3) is 6.53. The van der Waals surface area contributed by atoms with E-state index in [9.17, 15) is 18.4 Å². The van der Waals surface area contributed by atoms with Crippen molar-refractivity contribution in [2.24, 2.45) is 0 Å². The molecule has 1 aromatic heterocycles. The zero-order chi connectivity index (χ0) is 30.6. The molecule has 0 spiro atoms. The lowest BCUT2D eigenvalue weighted by molar-refractivity contribution is -0.120. The van der Waals surface area contributed by atoms with Gasteiger partial charge in [-0.3, -0.25) is 14.6 Å². The van der Waals surface area contributed by atoms with Gasteiger partial charge in [-0.25, -0.2) is 8.78 Å². The average Bonchev–Trinajstić information content (AvgIpc) is 3.54. The third-order valence-corrected chi connectivity index (χ3v) is 8.39. The number of carbonyl (C=O) groups excluding carboxylic acids is 2. The molecule has 2 fully saturated rings. The van der Waals surface area contributed by atoms with Crippen molar-refractivity contribution in [3.05, 3.63) is 88.0 Å². The Labute approximate surface area is 255 Å². The maximum absolute atomic E-state index is 13.9. The molecule has 1 unspecified atom stereocenters. The van der Waals surface area contributed by atoms with Gasteiger partial charge in [0.25, 0.3) is 18.2 Å². The van der Waals surface area contributed by atoms with E-state index in [0.29, 0.717) is 50.6 Å². The first-order valence-electron chi connectivity index (χ1n) is 14.7. The number of carbonyl (C=O) groups is 2. The molecule has 43 heavy (non-hydrogen) atoms. The lowest BCUT2D eigenvalue weighted by atomic mass is 9.97. The molecule has 9 nitrogen and oxygen atoms in total. The summed E-state index contributed by atoms with van der Waals surface area (Å²) < 4.78 is 33.8. The minimum Gasteiger partial charge on any atom is -0.363 e. The number of allylic oxidation sites excluding steroid dienone is 1. The van der Waals surface area contributed by atoms with Gasteiger partial charge in [0.1, 0.15) is 5.70 Å². The zero-order valence-electron chi connectivity index (χ0n) is 24.3. The van der Waals surface area contributed by atoms with Crippen LogP contribution in [0.4, 0.5) is 8.78 Å². The van der Waals surface area contributed by atoms with E-state index in [4.69, 9.17) is 16.3 Å². The van der Waals surface area contributed by atoms with Gasteiger partial charge in [0.05, 0.1) is 5.70 Å². The topological polar surface area (TPSA) is 98.8 Å². The first-order chi connectivity index (χ1) is 20.8. The molecule has 12 heteroatoms. The number of hydrogen-bond acceptors (Lipinski definition) is 7. The summed E-state index contributed by atoms with van der Waals surface area (Å²) >= 11 is 5.94. The predicted octanol–water partition coefficient (Wildman–Crippen LogP) is 3.95. The number of aromatic nitrogens is 1. The van der Waals surface area contributed by atoms with Crippen molar-refractivity contribution in [3.63, 3.8) is 0 Å². The van der Waals surface area contributed by atoms with Crippen LogP contribution in [-0.4, -0.2) is 78.0 Å². The van der Waals surface area contributed by atoms with E-state index in [1.54, 1.807) is 17.3 Å². The van der Waals surface area contributed by atoms with Crippen LogP contribution in [0.3, 0.4) is 0 Å². The Morgan fingerprint density at radius 3 is 2.77 bits per heavy atom. The molecular weight excluding hydrogens is 578 g/mol. The molecule has 3 aliphatic rings. The van der Waals surface area contributed by atoms with Crippen molar-refractivity contribution in [2.75, 3.05) is 39.3 Å². The van der Waals surface area contributed by atoms with E-state index in [1.165, 1.54) is 12.1 Å². The van der Waals surface area contributed by atoms with Gasteiger partial charge in [-0.1, -0.05) is 24.6 Å². The molecule has 1 aromatic carbocycles. The molecule has 3 N–H and O–H groups in total. The summed E-state index contributed by atoms with van der Waals surface area (Å²) in [5.41, 5.74) is 0.263. The van der Waals surface area contributed by atoms with Gasteiger partial charge in [-0.15, -0.1) is 0 Å². The van der Waals surface area contributed by atoms with Crippen LogP contribution < -0.4 is 16.0 Å². The van der Waals surface area contributed by atoms with Crippen LogP contribution in [0.2, 0.25) is 5.02 Å². The van der Waals surface area contributed by atoms with Crippen molar-refractivity contribution < 1.29 is 23.1 Å². The number of ether oxygens (including phenoxy) is 1. The summed E-state index contributed by atoms with van der Waals surface area (Å²) in [5, 5.41) is 10.00. The molecule has 0 radical (unpaired) electrons. The highest BCUT2D eigenvalue weighted by molar-refractivity contribution is 6.30. The van der Waals surface area contributed by atoms with Crippen LogP contribution in [0.1, 0.15) is 54.6 Å². The number of rotatable bonds is 9. The molecule has 3 atom stereocenters. The van der Waals surface area contributed by atoms with Crippen LogP contribution in [0, 0.1) is 0 Å². The van der Waals surface area contributed by atoms with Gasteiger partial charge in [0.15, 0.2) is 5.72 Å². The van der Waals surface area contributed by atoms with Crippen LogP contribution >= 0.6 is 11.6 Å². The largest absolute Gasteiger partial charge is 0.363 e. The van der Waals surface area contributed by atoms with E-state index in [0.717, 1.165) is 24.6 Å². The maximum atomic E-state index is 13.9. The molecule has 0 bridgehead atoms. The number of piperazine rings is 1. The molecule has 230 valence electrons. The van der Waals surface area contributed by atoms with Crippen molar-refractivity contribution in [1.82, 2.24) is 30.7 Å². The second kappa shape index (κ2) is 13.4. The third-order valence-electron chi connectivity index (χ3n) is 8.16. The normalized spacial score (nSPS) is 24.0. The Hall–Kier alpha value is -3.54. The van der Waals surface area contributed by atoms with Gasteiger partial charge in [-0.2, -0.15) is 0 Å². The smallest absolute Gasteiger partial charge is 0.269 e. The fourth-order valence-corrected chi connectivity index (χ4v) is 6.13. The minimum atomic E-state index is -2.83. The van der Waals surface area contributed by atoms with Gasteiger partial charge < -0.3 is 30.5 Å². The highest BCUT2D eigenvalue weighted by atomic mass is 35.5. The molecule has 4 heterocycles. The zero-order valence-corrected chi connectivity index (χ0v) is 25.0. The highest BCUT2D eigenvalue weighted by Gasteiger charge is 2.40. The summed E-state index contributed by atoms with van der Waals surface area (Å²) in [6.07, 6.45) is 5.83. The number of nitrogens with zero attached hydrogens (tertiary/aromatic N) is 3.